The summed E-state index contributed by atoms with van der Waals surface area (Å²) in [4.78, 5) is 7.95. The quantitative estimate of drug-likeness (QED) is 0.913. The van der Waals surface area contributed by atoms with Gasteiger partial charge in [-0.1, -0.05) is 11.6 Å². The number of nitrogens with one attached hydrogen (secondary N) is 1. The van der Waals surface area contributed by atoms with E-state index in [4.69, 9.17) is 11.6 Å². The summed E-state index contributed by atoms with van der Waals surface area (Å²) in [5.74, 6) is 0.463. The Morgan fingerprint density at radius 2 is 2.00 bits per heavy atom. The number of pyridine rings is 2. The second-order valence-electron chi connectivity index (χ2n) is 4.21. The lowest BCUT2D eigenvalue weighted by molar-refractivity contribution is 0.594. The minimum Gasteiger partial charge on any atom is -0.369 e. The number of halogens is 1. The van der Waals surface area contributed by atoms with Crippen molar-refractivity contribution in [2.45, 2.75) is 11.8 Å². The molecule has 6 nitrogen and oxygen atoms in total. The van der Waals surface area contributed by atoms with Gasteiger partial charge in [-0.3, -0.25) is 9.29 Å². The van der Waals surface area contributed by atoms with E-state index in [-0.39, 0.29) is 9.92 Å². The van der Waals surface area contributed by atoms with E-state index >= 15 is 0 Å². The molecule has 0 fully saturated rings. The third-order valence-electron chi connectivity index (χ3n) is 2.85. The molecule has 0 bridgehead atoms. The molecule has 0 aromatic carbocycles. The zero-order chi connectivity index (χ0) is 15.5. The third-order valence-corrected chi connectivity index (χ3v) is 4.88. The fourth-order valence-corrected chi connectivity index (χ4v) is 3.18. The molecule has 0 aliphatic heterocycles. The lowest BCUT2D eigenvalue weighted by Gasteiger charge is -2.19. The molecule has 2 heterocycles. The molecular formula is C13H15ClN4O2S. The Balaban J connectivity index is 2.38. The third kappa shape index (κ3) is 3.25. The van der Waals surface area contributed by atoms with Crippen LogP contribution in [0.25, 0.3) is 0 Å². The zero-order valence-corrected chi connectivity index (χ0v) is 13.2. The summed E-state index contributed by atoms with van der Waals surface area (Å²) in [6.07, 6.45) is 4.35. The maximum atomic E-state index is 12.5. The van der Waals surface area contributed by atoms with Crippen LogP contribution in [0, 0.1) is 0 Å². The van der Waals surface area contributed by atoms with Crippen molar-refractivity contribution in [2.24, 2.45) is 0 Å². The molecule has 2 aromatic heterocycles. The highest BCUT2D eigenvalue weighted by molar-refractivity contribution is 7.92. The number of rotatable bonds is 5. The van der Waals surface area contributed by atoms with Crippen LogP contribution in [0.15, 0.2) is 41.7 Å². The lowest BCUT2D eigenvalue weighted by Crippen LogP contribution is -2.26. The number of aromatic nitrogens is 2. The van der Waals surface area contributed by atoms with Crippen molar-refractivity contribution in [2.75, 3.05) is 23.2 Å². The molecule has 0 unspecified atom stereocenters. The average molecular weight is 327 g/mol. The van der Waals surface area contributed by atoms with E-state index in [1.165, 1.54) is 31.7 Å². The molecule has 0 amide bonds. The minimum absolute atomic E-state index is 0.0356. The van der Waals surface area contributed by atoms with E-state index < -0.39 is 10.0 Å². The maximum Gasteiger partial charge on any atom is 0.265 e. The Labute approximate surface area is 128 Å². The summed E-state index contributed by atoms with van der Waals surface area (Å²) < 4.78 is 26.2. The number of nitrogens with zero attached hydrogens (tertiary/aromatic N) is 3. The molecule has 0 aliphatic carbocycles. The predicted octanol–water partition coefficient (Wildman–Crippen LogP) is 2.39. The van der Waals surface area contributed by atoms with Crippen LogP contribution in [0.2, 0.25) is 5.02 Å². The molecule has 0 atom stereocenters. The van der Waals surface area contributed by atoms with E-state index in [0.29, 0.717) is 18.1 Å². The molecule has 0 aliphatic rings. The highest BCUT2D eigenvalue weighted by atomic mass is 35.5. The first-order chi connectivity index (χ1) is 9.96. The van der Waals surface area contributed by atoms with E-state index in [0.717, 1.165) is 4.31 Å². The van der Waals surface area contributed by atoms with Crippen LogP contribution in [0.3, 0.4) is 0 Å². The Bertz CT molecular complexity index is 722. The molecule has 21 heavy (non-hydrogen) atoms. The molecule has 112 valence electrons. The Hall–Kier alpha value is -1.86. The molecular weight excluding hydrogens is 312 g/mol. The Morgan fingerprint density at radius 3 is 2.57 bits per heavy atom. The van der Waals surface area contributed by atoms with Crippen molar-refractivity contribution >= 4 is 33.1 Å². The van der Waals surface area contributed by atoms with Crippen LogP contribution in [0.4, 0.5) is 11.5 Å². The number of sulfonamides is 1. The monoisotopic (exact) mass is 326 g/mol. The summed E-state index contributed by atoms with van der Waals surface area (Å²) in [7, 11) is -2.25. The van der Waals surface area contributed by atoms with Gasteiger partial charge in [-0.25, -0.2) is 13.4 Å². The zero-order valence-electron chi connectivity index (χ0n) is 11.6. The SMILES string of the molecule is CCNc1ncc(S(=O)(=O)N(C)c2ccncc2)cc1Cl. The van der Waals surface area contributed by atoms with Gasteiger partial charge in [-0.05, 0) is 25.1 Å². The van der Waals surface area contributed by atoms with Crippen LogP contribution in [0.5, 0.6) is 0 Å². The normalized spacial score (nSPS) is 11.2. The second kappa shape index (κ2) is 6.28. The molecule has 2 rings (SSSR count). The number of hydrogen-bond donors (Lipinski definition) is 1. The molecule has 0 saturated carbocycles. The molecule has 0 spiro atoms. The Morgan fingerprint density at radius 1 is 1.33 bits per heavy atom. The smallest absolute Gasteiger partial charge is 0.265 e. The van der Waals surface area contributed by atoms with Gasteiger partial charge in [0.25, 0.3) is 10.0 Å². The molecule has 1 N–H and O–H groups in total. The first-order valence-corrected chi connectivity index (χ1v) is 8.07. The lowest BCUT2D eigenvalue weighted by atomic mass is 10.4. The van der Waals surface area contributed by atoms with Crippen LogP contribution in [-0.4, -0.2) is 32.0 Å². The summed E-state index contributed by atoms with van der Waals surface area (Å²) in [5, 5.41) is 3.22. The van der Waals surface area contributed by atoms with Gasteiger partial charge in [0.15, 0.2) is 0 Å². The fraction of sp³-hybridized carbons (Fsp3) is 0.231. The van der Waals surface area contributed by atoms with Crippen LogP contribution < -0.4 is 9.62 Å². The van der Waals surface area contributed by atoms with Crippen molar-refractivity contribution in [3.05, 3.63) is 41.8 Å². The Kier molecular flexibility index (Phi) is 4.64. The summed E-state index contributed by atoms with van der Waals surface area (Å²) in [6, 6.07) is 4.61. The number of anilines is 2. The van der Waals surface area contributed by atoms with Gasteiger partial charge >= 0.3 is 0 Å². The van der Waals surface area contributed by atoms with Gasteiger partial charge in [-0.2, -0.15) is 0 Å². The largest absolute Gasteiger partial charge is 0.369 e. The van der Waals surface area contributed by atoms with Crippen molar-refractivity contribution in [3.8, 4) is 0 Å². The number of hydrogen-bond acceptors (Lipinski definition) is 5. The van der Waals surface area contributed by atoms with Crippen molar-refractivity contribution < 1.29 is 8.42 Å². The van der Waals surface area contributed by atoms with Crippen LogP contribution in [-0.2, 0) is 10.0 Å². The van der Waals surface area contributed by atoms with Gasteiger partial charge in [0.1, 0.15) is 10.7 Å². The molecule has 0 radical (unpaired) electrons. The highest BCUT2D eigenvalue weighted by Gasteiger charge is 2.22. The summed E-state index contributed by atoms with van der Waals surface area (Å²) in [5.41, 5.74) is 0.511. The van der Waals surface area contributed by atoms with Gasteiger partial charge in [0.05, 0.1) is 10.7 Å². The minimum atomic E-state index is -3.72. The summed E-state index contributed by atoms with van der Waals surface area (Å²) >= 11 is 6.05. The first-order valence-electron chi connectivity index (χ1n) is 6.25. The van der Waals surface area contributed by atoms with Crippen molar-refractivity contribution in [1.82, 2.24) is 9.97 Å². The van der Waals surface area contributed by atoms with Gasteiger partial charge < -0.3 is 5.32 Å². The van der Waals surface area contributed by atoms with E-state index in [2.05, 4.69) is 15.3 Å². The van der Waals surface area contributed by atoms with Gasteiger partial charge in [-0.15, -0.1) is 0 Å². The fourth-order valence-electron chi connectivity index (χ4n) is 1.71. The van der Waals surface area contributed by atoms with Crippen LogP contribution in [0.1, 0.15) is 6.92 Å². The van der Waals surface area contributed by atoms with Crippen molar-refractivity contribution in [1.29, 1.82) is 0 Å². The average Bonchev–Trinajstić information content (AvgIpc) is 2.49. The molecule has 2 aromatic rings. The van der Waals surface area contributed by atoms with E-state index in [1.807, 2.05) is 6.92 Å². The second-order valence-corrected chi connectivity index (χ2v) is 6.59. The topological polar surface area (TPSA) is 75.2 Å². The molecule has 8 heteroatoms. The predicted molar refractivity (Wildman–Crippen MR) is 83.2 cm³/mol. The first kappa shape index (κ1) is 15.5. The van der Waals surface area contributed by atoms with E-state index in [1.54, 1.807) is 12.1 Å². The summed E-state index contributed by atoms with van der Waals surface area (Å²) in [6.45, 7) is 2.55. The maximum absolute atomic E-state index is 12.5. The van der Waals surface area contributed by atoms with Crippen LogP contribution >= 0.6 is 11.6 Å². The van der Waals surface area contributed by atoms with Gasteiger partial charge in [0, 0.05) is 32.2 Å². The molecule has 0 saturated heterocycles. The highest BCUT2D eigenvalue weighted by Crippen LogP contribution is 2.26. The van der Waals surface area contributed by atoms with E-state index in [9.17, 15) is 8.42 Å². The standard InChI is InChI=1S/C13H15ClN4O2S/c1-3-16-13-12(14)8-11(9-17-13)21(19,20)18(2)10-4-6-15-7-5-10/h4-9H,3H2,1-2H3,(H,16,17). The van der Waals surface area contributed by atoms with Crippen molar-refractivity contribution in [3.63, 3.8) is 0 Å². The van der Waals surface area contributed by atoms with Gasteiger partial charge in [0.2, 0.25) is 0 Å².